The first kappa shape index (κ1) is 10.8. The summed E-state index contributed by atoms with van der Waals surface area (Å²) in [5.41, 5.74) is 0.448. The standard InChI is InChI=1S/C11H22N2S/c1-11(2,3)7-13-5-4-9-10(6-13)14-8-12-9/h9-10,12H,4-8H2,1-3H3. The van der Waals surface area contributed by atoms with Gasteiger partial charge in [0.2, 0.25) is 0 Å². The van der Waals surface area contributed by atoms with E-state index in [9.17, 15) is 0 Å². The number of hydrogen-bond donors (Lipinski definition) is 1. The van der Waals surface area contributed by atoms with Crippen molar-refractivity contribution in [3.8, 4) is 0 Å². The normalized spacial score (nSPS) is 34.5. The third-order valence-electron chi connectivity index (χ3n) is 2.98. The lowest BCUT2D eigenvalue weighted by molar-refractivity contribution is 0.155. The molecular formula is C11H22N2S. The summed E-state index contributed by atoms with van der Waals surface area (Å²) < 4.78 is 0. The SMILES string of the molecule is CC(C)(C)CN1CCC2NCSC2C1. The molecule has 0 radical (unpaired) electrons. The summed E-state index contributed by atoms with van der Waals surface area (Å²) in [5.74, 6) is 1.17. The molecule has 2 aliphatic heterocycles. The van der Waals surface area contributed by atoms with Crippen molar-refractivity contribution in [3.05, 3.63) is 0 Å². The van der Waals surface area contributed by atoms with Crippen molar-refractivity contribution in [2.24, 2.45) is 5.41 Å². The number of piperidine rings is 1. The van der Waals surface area contributed by atoms with Crippen molar-refractivity contribution >= 4 is 11.8 Å². The molecule has 2 nitrogen and oxygen atoms in total. The Labute approximate surface area is 91.8 Å². The molecule has 0 aromatic heterocycles. The summed E-state index contributed by atoms with van der Waals surface area (Å²) >= 11 is 2.10. The van der Waals surface area contributed by atoms with Crippen LogP contribution in [0, 0.1) is 5.41 Å². The van der Waals surface area contributed by atoms with Crippen LogP contribution >= 0.6 is 11.8 Å². The fourth-order valence-corrected chi connectivity index (χ4v) is 3.76. The van der Waals surface area contributed by atoms with Gasteiger partial charge < -0.3 is 10.2 Å². The van der Waals surface area contributed by atoms with Crippen LogP contribution in [0.1, 0.15) is 27.2 Å². The van der Waals surface area contributed by atoms with Gasteiger partial charge in [0.15, 0.2) is 0 Å². The van der Waals surface area contributed by atoms with Crippen LogP contribution in [0.4, 0.5) is 0 Å². The van der Waals surface area contributed by atoms with Crippen LogP contribution in [0.5, 0.6) is 0 Å². The van der Waals surface area contributed by atoms with Crippen molar-refractivity contribution in [2.75, 3.05) is 25.5 Å². The Hall–Kier alpha value is 0.270. The maximum Gasteiger partial charge on any atom is 0.0424 e. The van der Waals surface area contributed by atoms with Gasteiger partial charge in [-0.05, 0) is 18.4 Å². The minimum absolute atomic E-state index is 0.448. The molecule has 1 N–H and O–H groups in total. The van der Waals surface area contributed by atoms with Gasteiger partial charge in [-0.3, -0.25) is 0 Å². The van der Waals surface area contributed by atoms with E-state index in [1.54, 1.807) is 0 Å². The molecule has 2 heterocycles. The van der Waals surface area contributed by atoms with Gasteiger partial charge in [0.25, 0.3) is 0 Å². The lowest BCUT2D eigenvalue weighted by Crippen LogP contribution is -2.48. The molecule has 82 valence electrons. The topological polar surface area (TPSA) is 15.3 Å². The zero-order valence-corrected chi connectivity index (χ0v) is 10.4. The van der Waals surface area contributed by atoms with E-state index < -0.39 is 0 Å². The maximum atomic E-state index is 3.58. The van der Waals surface area contributed by atoms with E-state index in [0.717, 1.165) is 11.3 Å². The third kappa shape index (κ3) is 2.65. The molecular weight excluding hydrogens is 192 g/mol. The van der Waals surface area contributed by atoms with Crippen LogP contribution in [0.15, 0.2) is 0 Å². The van der Waals surface area contributed by atoms with Crippen molar-refractivity contribution in [1.82, 2.24) is 10.2 Å². The summed E-state index contributed by atoms with van der Waals surface area (Å²) in [4.78, 5) is 2.64. The van der Waals surface area contributed by atoms with Crippen LogP contribution < -0.4 is 5.32 Å². The van der Waals surface area contributed by atoms with E-state index in [2.05, 4.69) is 42.7 Å². The average molecular weight is 214 g/mol. The lowest BCUT2D eigenvalue weighted by atomic mass is 9.94. The molecule has 3 heteroatoms. The zero-order valence-electron chi connectivity index (χ0n) is 9.55. The zero-order chi connectivity index (χ0) is 10.2. The Morgan fingerprint density at radius 2 is 2.21 bits per heavy atom. The molecule has 0 aromatic rings. The summed E-state index contributed by atoms with van der Waals surface area (Å²) in [6, 6.07) is 0.802. The van der Waals surface area contributed by atoms with Crippen LogP contribution in [0.25, 0.3) is 0 Å². The smallest absolute Gasteiger partial charge is 0.0424 e. The molecule has 2 saturated heterocycles. The van der Waals surface area contributed by atoms with Crippen molar-refractivity contribution < 1.29 is 0 Å². The molecule has 0 spiro atoms. The summed E-state index contributed by atoms with van der Waals surface area (Å²) in [7, 11) is 0. The number of nitrogens with one attached hydrogen (secondary N) is 1. The summed E-state index contributed by atoms with van der Waals surface area (Å²) in [5, 5.41) is 4.43. The summed E-state index contributed by atoms with van der Waals surface area (Å²) in [6.45, 7) is 10.8. The molecule has 14 heavy (non-hydrogen) atoms. The quantitative estimate of drug-likeness (QED) is 0.716. The maximum absolute atomic E-state index is 3.58. The number of fused-ring (bicyclic) bond motifs is 1. The Morgan fingerprint density at radius 1 is 1.43 bits per heavy atom. The van der Waals surface area contributed by atoms with Crippen LogP contribution in [0.2, 0.25) is 0 Å². The van der Waals surface area contributed by atoms with Gasteiger partial charge in [0, 0.05) is 30.3 Å². The fraction of sp³-hybridized carbons (Fsp3) is 1.00. The summed E-state index contributed by atoms with van der Waals surface area (Å²) in [6.07, 6.45) is 1.34. The Balaban J connectivity index is 1.85. The largest absolute Gasteiger partial charge is 0.304 e. The molecule has 0 amide bonds. The molecule has 2 fully saturated rings. The van der Waals surface area contributed by atoms with Gasteiger partial charge in [0.1, 0.15) is 0 Å². The minimum atomic E-state index is 0.448. The van der Waals surface area contributed by atoms with E-state index in [4.69, 9.17) is 0 Å². The van der Waals surface area contributed by atoms with E-state index in [1.807, 2.05) is 0 Å². The number of thioether (sulfide) groups is 1. The van der Waals surface area contributed by atoms with Crippen molar-refractivity contribution in [3.63, 3.8) is 0 Å². The Kier molecular flexibility index (Phi) is 3.10. The Morgan fingerprint density at radius 3 is 2.93 bits per heavy atom. The third-order valence-corrected chi connectivity index (χ3v) is 4.22. The van der Waals surface area contributed by atoms with E-state index in [1.165, 1.54) is 31.9 Å². The second-order valence-corrected chi connectivity index (χ2v) is 6.97. The highest BCUT2D eigenvalue weighted by atomic mass is 32.2. The van der Waals surface area contributed by atoms with Crippen LogP contribution in [-0.4, -0.2) is 41.7 Å². The Bertz CT molecular complexity index is 200. The van der Waals surface area contributed by atoms with E-state index in [0.29, 0.717) is 5.41 Å². The van der Waals surface area contributed by atoms with Crippen LogP contribution in [0.3, 0.4) is 0 Å². The van der Waals surface area contributed by atoms with Crippen molar-refractivity contribution in [1.29, 1.82) is 0 Å². The fourth-order valence-electron chi connectivity index (χ4n) is 2.46. The van der Waals surface area contributed by atoms with Crippen LogP contribution in [-0.2, 0) is 0 Å². The lowest BCUT2D eigenvalue weighted by Gasteiger charge is -2.37. The first-order valence-electron chi connectivity index (χ1n) is 5.62. The second kappa shape index (κ2) is 4.03. The number of nitrogens with zero attached hydrogens (tertiary/aromatic N) is 1. The predicted molar refractivity (Wildman–Crippen MR) is 63.7 cm³/mol. The second-order valence-electron chi connectivity index (χ2n) is 5.74. The molecule has 2 rings (SSSR count). The number of hydrogen-bond acceptors (Lipinski definition) is 3. The van der Waals surface area contributed by atoms with Gasteiger partial charge >= 0.3 is 0 Å². The molecule has 0 aliphatic carbocycles. The first-order chi connectivity index (χ1) is 6.54. The van der Waals surface area contributed by atoms with Gasteiger partial charge in [-0.15, -0.1) is 11.8 Å². The van der Waals surface area contributed by atoms with Gasteiger partial charge in [-0.25, -0.2) is 0 Å². The molecule has 2 atom stereocenters. The predicted octanol–water partition coefficient (Wildman–Crippen LogP) is 1.77. The highest BCUT2D eigenvalue weighted by molar-refractivity contribution is 8.00. The van der Waals surface area contributed by atoms with Gasteiger partial charge in [0.05, 0.1) is 0 Å². The van der Waals surface area contributed by atoms with Gasteiger partial charge in [-0.1, -0.05) is 20.8 Å². The van der Waals surface area contributed by atoms with E-state index >= 15 is 0 Å². The molecule has 0 saturated carbocycles. The number of likely N-dealkylation sites (tertiary alicyclic amines) is 1. The molecule has 2 unspecified atom stereocenters. The molecule has 2 aliphatic rings. The number of rotatable bonds is 1. The van der Waals surface area contributed by atoms with Gasteiger partial charge in [-0.2, -0.15) is 0 Å². The molecule has 0 bridgehead atoms. The average Bonchev–Trinajstić information content (AvgIpc) is 2.47. The highest BCUT2D eigenvalue weighted by Crippen LogP contribution is 2.29. The minimum Gasteiger partial charge on any atom is -0.304 e. The molecule has 0 aromatic carbocycles. The first-order valence-corrected chi connectivity index (χ1v) is 6.67. The monoisotopic (exact) mass is 214 g/mol. The van der Waals surface area contributed by atoms with Crippen molar-refractivity contribution in [2.45, 2.75) is 38.5 Å². The van der Waals surface area contributed by atoms with E-state index in [-0.39, 0.29) is 0 Å². The highest BCUT2D eigenvalue weighted by Gasteiger charge is 2.34.